The number of hydrogen-bond donors (Lipinski definition) is 1. The average Bonchev–Trinajstić information content (AvgIpc) is 3.35. The molecule has 1 atom stereocenters. The number of para-hydroxylation sites is 1. The Balaban J connectivity index is 1.51. The van der Waals surface area contributed by atoms with E-state index in [0.717, 1.165) is 40.5 Å². The number of aliphatic carboxylic acids is 1. The molecule has 3 aromatic carbocycles. The van der Waals surface area contributed by atoms with Gasteiger partial charge in [0.2, 0.25) is 0 Å². The van der Waals surface area contributed by atoms with E-state index in [-0.39, 0.29) is 13.0 Å². The van der Waals surface area contributed by atoms with Crippen molar-refractivity contribution in [2.24, 2.45) is 0 Å². The minimum absolute atomic E-state index is 0.107. The maximum atomic E-state index is 13.9. The first-order chi connectivity index (χ1) is 18.4. The van der Waals surface area contributed by atoms with Crippen LogP contribution in [0.1, 0.15) is 35.2 Å². The standard InChI is InChI=1S/C31H25BrClNO4/c32-26-18-24(33)13-14-25(26)30(35)34(27(31(36)37)16-20-7-2-1-3-8-20)19-21-9-6-11-22(15-21)29-17-23-10-4-5-12-28(23)38-29/h2,4-15,17-18,27H,1,3,16,19H2,(H,36,37)/t27-/m0/s1. The molecule has 1 aromatic heterocycles. The van der Waals surface area contributed by atoms with Gasteiger partial charge in [0, 0.05) is 33.4 Å². The second-order valence-corrected chi connectivity index (χ2v) is 10.5. The Bertz CT molecular complexity index is 1540. The highest BCUT2D eigenvalue weighted by molar-refractivity contribution is 9.10. The van der Waals surface area contributed by atoms with E-state index in [1.54, 1.807) is 18.2 Å². The van der Waals surface area contributed by atoms with Crippen molar-refractivity contribution in [2.45, 2.75) is 31.8 Å². The summed E-state index contributed by atoms with van der Waals surface area (Å²) in [5, 5.41) is 11.8. The number of rotatable bonds is 8. The third-order valence-corrected chi connectivity index (χ3v) is 7.47. The van der Waals surface area contributed by atoms with Crippen LogP contribution in [0.15, 0.2) is 105 Å². The molecule has 0 fully saturated rings. The molecule has 7 heteroatoms. The van der Waals surface area contributed by atoms with Crippen molar-refractivity contribution in [3.05, 3.63) is 117 Å². The fourth-order valence-electron chi connectivity index (χ4n) is 4.66. The lowest BCUT2D eigenvalue weighted by Crippen LogP contribution is -2.45. The van der Waals surface area contributed by atoms with Crippen molar-refractivity contribution in [3.8, 4) is 11.3 Å². The Morgan fingerprint density at radius 3 is 2.61 bits per heavy atom. The SMILES string of the molecule is O=C(O)[C@H](CC1=CCCC=C1)N(Cc1cccc(-c2cc3ccccc3o2)c1)C(=O)c1ccc(Cl)cc1Br. The largest absolute Gasteiger partial charge is 0.480 e. The van der Waals surface area contributed by atoms with Gasteiger partial charge in [-0.05, 0) is 76.3 Å². The van der Waals surface area contributed by atoms with Crippen LogP contribution in [0, 0.1) is 0 Å². The molecule has 5 rings (SSSR count). The van der Waals surface area contributed by atoms with Crippen LogP contribution < -0.4 is 0 Å². The molecule has 0 saturated heterocycles. The zero-order valence-corrected chi connectivity index (χ0v) is 22.8. The number of carbonyl (C=O) groups excluding carboxylic acids is 1. The van der Waals surface area contributed by atoms with Crippen molar-refractivity contribution in [2.75, 3.05) is 0 Å². The number of carbonyl (C=O) groups is 2. The van der Waals surface area contributed by atoms with Crippen molar-refractivity contribution >= 4 is 50.4 Å². The van der Waals surface area contributed by atoms with Crippen LogP contribution in [0.3, 0.4) is 0 Å². The van der Waals surface area contributed by atoms with Crippen molar-refractivity contribution in [1.82, 2.24) is 4.90 Å². The molecule has 0 spiro atoms. The highest BCUT2D eigenvalue weighted by atomic mass is 79.9. The van der Waals surface area contributed by atoms with Gasteiger partial charge >= 0.3 is 5.97 Å². The van der Waals surface area contributed by atoms with E-state index in [4.69, 9.17) is 16.0 Å². The Morgan fingerprint density at radius 1 is 1.03 bits per heavy atom. The number of halogens is 2. The van der Waals surface area contributed by atoms with Crippen LogP contribution >= 0.6 is 27.5 Å². The van der Waals surface area contributed by atoms with Crippen LogP contribution in [0.5, 0.6) is 0 Å². The average molecular weight is 591 g/mol. The predicted molar refractivity (Wildman–Crippen MR) is 153 cm³/mol. The first-order valence-corrected chi connectivity index (χ1v) is 13.5. The predicted octanol–water partition coefficient (Wildman–Crippen LogP) is 8.28. The number of amides is 1. The Labute approximate surface area is 234 Å². The summed E-state index contributed by atoms with van der Waals surface area (Å²) in [4.78, 5) is 27.9. The van der Waals surface area contributed by atoms with Gasteiger partial charge in [0.15, 0.2) is 0 Å². The molecule has 192 valence electrons. The van der Waals surface area contributed by atoms with E-state index in [2.05, 4.69) is 15.9 Å². The molecule has 0 aliphatic heterocycles. The number of nitrogens with zero attached hydrogens (tertiary/aromatic N) is 1. The first-order valence-electron chi connectivity index (χ1n) is 12.3. The van der Waals surface area contributed by atoms with Gasteiger partial charge in [-0.15, -0.1) is 0 Å². The molecule has 0 radical (unpaired) electrons. The second-order valence-electron chi connectivity index (χ2n) is 9.22. The number of fused-ring (bicyclic) bond motifs is 1. The maximum absolute atomic E-state index is 13.9. The van der Waals surface area contributed by atoms with Gasteiger partial charge in [0.25, 0.3) is 5.91 Å². The van der Waals surface area contributed by atoms with Crippen LogP contribution in [0.25, 0.3) is 22.3 Å². The van der Waals surface area contributed by atoms with Crippen LogP contribution in [-0.2, 0) is 11.3 Å². The molecule has 4 aromatic rings. The fourth-order valence-corrected chi connectivity index (χ4v) is 5.51. The Morgan fingerprint density at radius 2 is 1.87 bits per heavy atom. The smallest absolute Gasteiger partial charge is 0.326 e. The molecule has 1 aliphatic rings. The van der Waals surface area contributed by atoms with Gasteiger partial charge in [0.05, 0.1) is 5.56 Å². The molecule has 1 heterocycles. The van der Waals surface area contributed by atoms with E-state index in [1.165, 1.54) is 4.90 Å². The summed E-state index contributed by atoms with van der Waals surface area (Å²) >= 11 is 9.54. The summed E-state index contributed by atoms with van der Waals surface area (Å²) < 4.78 is 6.55. The van der Waals surface area contributed by atoms with Gasteiger partial charge in [-0.2, -0.15) is 0 Å². The summed E-state index contributed by atoms with van der Waals surface area (Å²) in [6.07, 6.45) is 8.02. The van der Waals surface area contributed by atoms with E-state index in [9.17, 15) is 14.7 Å². The Hall–Kier alpha value is -3.61. The van der Waals surface area contributed by atoms with Gasteiger partial charge < -0.3 is 14.4 Å². The van der Waals surface area contributed by atoms with Crippen molar-refractivity contribution < 1.29 is 19.1 Å². The number of furan rings is 1. The number of carboxylic acids is 1. The topological polar surface area (TPSA) is 70.8 Å². The molecule has 1 N–H and O–H groups in total. The number of allylic oxidation sites excluding steroid dienone is 3. The molecule has 0 saturated carbocycles. The van der Waals surface area contributed by atoms with E-state index in [1.807, 2.05) is 72.8 Å². The third kappa shape index (κ3) is 5.77. The summed E-state index contributed by atoms with van der Waals surface area (Å²) in [6.45, 7) is 0.107. The summed E-state index contributed by atoms with van der Waals surface area (Å²) in [6, 6.07) is 21.2. The van der Waals surface area contributed by atoms with Gasteiger partial charge in [-0.1, -0.05) is 66.2 Å². The molecule has 1 aliphatic carbocycles. The van der Waals surface area contributed by atoms with Gasteiger partial charge in [-0.3, -0.25) is 4.79 Å². The molecule has 1 amide bonds. The summed E-state index contributed by atoms with van der Waals surface area (Å²) in [5.41, 5.74) is 3.69. The minimum Gasteiger partial charge on any atom is -0.480 e. The fraction of sp³-hybridized carbons (Fsp3) is 0.161. The van der Waals surface area contributed by atoms with E-state index >= 15 is 0 Å². The van der Waals surface area contributed by atoms with Gasteiger partial charge in [-0.25, -0.2) is 4.79 Å². The van der Waals surface area contributed by atoms with Crippen molar-refractivity contribution in [3.63, 3.8) is 0 Å². The van der Waals surface area contributed by atoms with Crippen LogP contribution in [0.2, 0.25) is 5.02 Å². The second kappa shape index (κ2) is 11.4. The number of carboxylic acid groups (broad SMARTS) is 1. The Kier molecular flexibility index (Phi) is 7.82. The van der Waals surface area contributed by atoms with Crippen LogP contribution in [0.4, 0.5) is 0 Å². The molecule has 0 bridgehead atoms. The monoisotopic (exact) mass is 589 g/mol. The highest BCUT2D eigenvalue weighted by Gasteiger charge is 2.32. The zero-order chi connectivity index (χ0) is 26.6. The third-order valence-electron chi connectivity index (χ3n) is 6.57. The number of benzene rings is 3. The minimum atomic E-state index is -1.06. The first kappa shape index (κ1) is 26.0. The summed E-state index contributed by atoms with van der Waals surface area (Å²) in [7, 11) is 0. The van der Waals surface area contributed by atoms with Gasteiger partial charge in [0.1, 0.15) is 17.4 Å². The molecule has 5 nitrogen and oxygen atoms in total. The van der Waals surface area contributed by atoms with Crippen LogP contribution in [-0.4, -0.2) is 27.9 Å². The van der Waals surface area contributed by atoms with E-state index < -0.39 is 17.9 Å². The van der Waals surface area contributed by atoms with E-state index in [0.29, 0.717) is 20.8 Å². The zero-order valence-electron chi connectivity index (χ0n) is 20.4. The molecule has 0 unspecified atom stereocenters. The van der Waals surface area contributed by atoms with Crippen molar-refractivity contribution in [1.29, 1.82) is 0 Å². The maximum Gasteiger partial charge on any atom is 0.326 e. The normalized spacial score (nSPS) is 13.8. The summed E-state index contributed by atoms with van der Waals surface area (Å²) in [5.74, 6) is -0.745. The highest BCUT2D eigenvalue weighted by Crippen LogP contribution is 2.30. The lowest BCUT2D eigenvalue weighted by atomic mass is 9.98. The quantitative estimate of drug-likeness (QED) is 0.224. The lowest BCUT2D eigenvalue weighted by molar-refractivity contribution is -0.142. The molecule has 38 heavy (non-hydrogen) atoms. The number of hydrogen-bond acceptors (Lipinski definition) is 3. The molecular weight excluding hydrogens is 566 g/mol. The molecular formula is C31H25BrClNO4. The lowest BCUT2D eigenvalue weighted by Gasteiger charge is -2.30.